The number of amides is 2. The lowest BCUT2D eigenvalue weighted by Crippen LogP contribution is -2.46. The number of nitrogens with one attached hydrogen (secondary N) is 2. The second kappa shape index (κ2) is 11.4. The summed E-state index contributed by atoms with van der Waals surface area (Å²) in [6.45, 7) is 5.61. The van der Waals surface area contributed by atoms with Gasteiger partial charge in [-0.15, -0.1) is 0 Å². The molecule has 1 aliphatic rings. The number of carbonyl (C=O) groups excluding carboxylic acids is 1. The van der Waals surface area contributed by atoms with Gasteiger partial charge >= 0.3 is 6.03 Å². The van der Waals surface area contributed by atoms with Crippen molar-refractivity contribution in [2.75, 3.05) is 42.9 Å². The Kier molecular flexibility index (Phi) is 8.87. The third kappa shape index (κ3) is 6.21. The molecule has 8 N–H and O–H groups in total. The van der Waals surface area contributed by atoms with Crippen molar-refractivity contribution < 1.29 is 15.7 Å². The normalized spacial score (nSPS) is 14.0. The lowest BCUT2D eigenvalue weighted by molar-refractivity contribution is 0.253. The number of unbranched alkanes of at least 4 members (excludes halogenated alkanes) is 1. The van der Waals surface area contributed by atoms with Gasteiger partial charge in [-0.25, -0.2) is 4.79 Å². The molecule has 31 heavy (non-hydrogen) atoms. The van der Waals surface area contributed by atoms with Gasteiger partial charge in [-0.1, -0.05) is 18.2 Å². The fourth-order valence-electron chi connectivity index (χ4n) is 4.12. The van der Waals surface area contributed by atoms with Crippen LogP contribution in [-0.2, 0) is 6.42 Å². The molecular weight excluding hydrogens is 394 g/mol. The highest BCUT2D eigenvalue weighted by molar-refractivity contribution is 5.93. The van der Waals surface area contributed by atoms with E-state index in [1.165, 1.54) is 17.7 Å². The number of para-hydroxylation sites is 1. The number of aryl methyl sites for hydroxylation is 1. The van der Waals surface area contributed by atoms with E-state index in [9.17, 15) is 4.79 Å². The molecule has 1 saturated heterocycles. The maximum atomic E-state index is 11.1. The number of rotatable bonds is 7. The Hall–Kier alpha value is -3.07. The number of fused-ring (bicyclic) bond motifs is 1. The summed E-state index contributed by atoms with van der Waals surface area (Å²) in [5.41, 5.74) is 9.68. The molecular formula is C23H33N5O3. The molecule has 168 valence electrons. The van der Waals surface area contributed by atoms with E-state index in [1.807, 2.05) is 18.2 Å². The molecule has 0 aliphatic carbocycles. The van der Waals surface area contributed by atoms with Gasteiger partial charge in [0, 0.05) is 54.7 Å². The zero-order valence-electron chi connectivity index (χ0n) is 17.7. The van der Waals surface area contributed by atoms with Gasteiger partial charge in [0.1, 0.15) is 0 Å². The Labute approximate surface area is 182 Å². The summed E-state index contributed by atoms with van der Waals surface area (Å²) in [6, 6.07) is 16.0. The van der Waals surface area contributed by atoms with Crippen molar-refractivity contribution in [1.82, 2.24) is 9.88 Å². The lowest BCUT2D eigenvalue weighted by Gasteiger charge is -2.36. The predicted molar refractivity (Wildman–Crippen MR) is 127 cm³/mol. The van der Waals surface area contributed by atoms with Crippen LogP contribution in [0.2, 0.25) is 0 Å². The molecule has 1 aliphatic heterocycles. The number of piperazine rings is 1. The molecule has 1 aromatic heterocycles. The molecule has 0 unspecified atom stereocenters. The largest absolute Gasteiger partial charge is 0.412 e. The number of benzene rings is 2. The number of nitrogens with zero attached hydrogens (tertiary/aromatic N) is 2. The summed E-state index contributed by atoms with van der Waals surface area (Å²) in [6.07, 6.45) is 5.46. The lowest BCUT2D eigenvalue weighted by atomic mass is 10.1. The van der Waals surface area contributed by atoms with Gasteiger partial charge in [0.05, 0.1) is 0 Å². The zero-order valence-corrected chi connectivity index (χ0v) is 17.7. The highest BCUT2D eigenvalue weighted by Gasteiger charge is 2.16. The number of urea groups is 1. The minimum atomic E-state index is -0.534. The third-order valence-electron chi connectivity index (χ3n) is 5.70. The minimum absolute atomic E-state index is 0. The van der Waals surface area contributed by atoms with Crippen LogP contribution < -0.4 is 16.0 Å². The Bertz CT molecular complexity index is 952. The summed E-state index contributed by atoms with van der Waals surface area (Å²) in [5, 5.41) is 3.81. The van der Waals surface area contributed by atoms with Crippen molar-refractivity contribution in [2.45, 2.75) is 19.3 Å². The number of carbonyl (C=O) groups is 1. The molecule has 0 saturated carbocycles. The number of primary amides is 1. The second-order valence-electron chi connectivity index (χ2n) is 7.68. The number of anilines is 2. The highest BCUT2D eigenvalue weighted by Crippen LogP contribution is 2.24. The summed E-state index contributed by atoms with van der Waals surface area (Å²) in [4.78, 5) is 19.5. The Morgan fingerprint density at radius 2 is 1.74 bits per heavy atom. The van der Waals surface area contributed by atoms with Crippen LogP contribution in [0.5, 0.6) is 0 Å². The first kappa shape index (κ1) is 24.2. The maximum Gasteiger partial charge on any atom is 0.316 e. The first-order valence-corrected chi connectivity index (χ1v) is 10.4. The van der Waals surface area contributed by atoms with E-state index in [0.717, 1.165) is 62.2 Å². The van der Waals surface area contributed by atoms with Gasteiger partial charge in [0.2, 0.25) is 0 Å². The Morgan fingerprint density at radius 1 is 1.00 bits per heavy atom. The maximum absolute atomic E-state index is 11.1. The molecule has 4 rings (SSSR count). The second-order valence-corrected chi connectivity index (χ2v) is 7.68. The summed E-state index contributed by atoms with van der Waals surface area (Å²) < 4.78 is 0. The number of aromatic nitrogens is 1. The average Bonchev–Trinajstić information content (AvgIpc) is 3.14. The van der Waals surface area contributed by atoms with Crippen LogP contribution in [0.4, 0.5) is 16.2 Å². The van der Waals surface area contributed by atoms with Gasteiger partial charge in [-0.2, -0.15) is 0 Å². The molecule has 8 nitrogen and oxygen atoms in total. The van der Waals surface area contributed by atoms with Crippen LogP contribution in [0.1, 0.15) is 18.4 Å². The average molecular weight is 428 g/mol. The van der Waals surface area contributed by atoms with E-state index >= 15 is 0 Å². The minimum Gasteiger partial charge on any atom is -0.412 e. The van der Waals surface area contributed by atoms with E-state index in [2.05, 4.69) is 56.6 Å². The van der Waals surface area contributed by atoms with Gasteiger partial charge in [0.25, 0.3) is 0 Å². The summed E-state index contributed by atoms with van der Waals surface area (Å²) in [5.74, 6) is 0. The number of H-pyrrole nitrogens is 1. The van der Waals surface area contributed by atoms with Gasteiger partial charge in [-0.3, -0.25) is 4.90 Å². The van der Waals surface area contributed by atoms with Gasteiger partial charge in [0.15, 0.2) is 0 Å². The van der Waals surface area contributed by atoms with Crippen molar-refractivity contribution in [3.63, 3.8) is 0 Å². The molecule has 1 fully saturated rings. The molecule has 8 heteroatoms. The summed E-state index contributed by atoms with van der Waals surface area (Å²) >= 11 is 0. The van der Waals surface area contributed by atoms with Gasteiger partial charge in [-0.05, 0) is 61.7 Å². The molecule has 0 atom stereocenters. The Balaban J connectivity index is 0.00000171. The smallest absolute Gasteiger partial charge is 0.316 e. The fourth-order valence-corrected chi connectivity index (χ4v) is 4.12. The number of hydrogen-bond acceptors (Lipinski definition) is 3. The van der Waals surface area contributed by atoms with E-state index < -0.39 is 6.03 Å². The molecule has 0 bridgehead atoms. The topological polar surface area (TPSA) is 140 Å². The SMILES string of the molecule is NC(=O)Nc1ccc2[nH]cc(CCCCN3CCN(c4ccccc4)CC3)c2c1.O.O. The molecule has 0 radical (unpaired) electrons. The number of nitrogens with two attached hydrogens (primary N) is 1. The van der Waals surface area contributed by atoms with E-state index in [0.29, 0.717) is 0 Å². The fraction of sp³-hybridized carbons (Fsp3) is 0.348. The molecule has 3 aromatic rings. The molecule has 2 amide bonds. The van der Waals surface area contributed by atoms with Crippen molar-refractivity contribution >= 4 is 28.3 Å². The first-order valence-electron chi connectivity index (χ1n) is 10.4. The van der Waals surface area contributed by atoms with Crippen LogP contribution in [0.3, 0.4) is 0 Å². The van der Waals surface area contributed by atoms with Crippen molar-refractivity contribution in [3.8, 4) is 0 Å². The molecule has 0 spiro atoms. The quantitative estimate of drug-likeness (QED) is 0.498. The van der Waals surface area contributed by atoms with Gasteiger partial charge < -0.3 is 31.9 Å². The van der Waals surface area contributed by atoms with Crippen LogP contribution in [-0.4, -0.2) is 59.6 Å². The monoisotopic (exact) mass is 427 g/mol. The van der Waals surface area contributed by atoms with Crippen LogP contribution >= 0.6 is 0 Å². The van der Waals surface area contributed by atoms with E-state index in [4.69, 9.17) is 5.73 Å². The predicted octanol–water partition coefficient (Wildman–Crippen LogP) is 2.15. The standard InChI is InChI=1S/C23H29N5O.2H2O/c24-23(29)26-19-9-10-22-21(16-19)18(17-25-22)6-4-5-11-27-12-14-28(15-13-27)20-7-2-1-3-8-20;;/h1-3,7-10,16-17,25H,4-6,11-15H2,(H3,24,26,29);2*1H2. The van der Waals surface area contributed by atoms with Crippen molar-refractivity contribution in [3.05, 3.63) is 60.3 Å². The van der Waals surface area contributed by atoms with E-state index in [-0.39, 0.29) is 11.0 Å². The number of aromatic amines is 1. The van der Waals surface area contributed by atoms with Crippen LogP contribution in [0.15, 0.2) is 54.7 Å². The Morgan fingerprint density at radius 3 is 2.45 bits per heavy atom. The first-order chi connectivity index (χ1) is 14.2. The van der Waals surface area contributed by atoms with Crippen molar-refractivity contribution in [2.24, 2.45) is 5.73 Å². The molecule has 2 heterocycles. The molecule has 2 aromatic carbocycles. The van der Waals surface area contributed by atoms with Crippen LogP contribution in [0.25, 0.3) is 10.9 Å². The summed E-state index contributed by atoms with van der Waals surface area (Å²) in [7, 11) is 0. The van der Waals surface area contributed by atoms with Crippen molar-refractivity contribution in [1.29, 1.82) is 0 Å². The zero-order chi connectivity index (χ0) is 20.1. The van der Waals surface area contributed by atoms with E-state index in [1.54, 1.807) is 0 Å². The highest BCUT2D eigenvalue weighted by atomic mass is 16.2. The third-order valence-corrected chi connectivity index (χ3v) is 5.70. The van der Waals surface area contributed by atoms with Crippen LogP contribution in [0, 0.1) is 0 Å². The number of hydrogen-bond donors (Lipinski definition) is 3.